The van der Waals surface area contributed by atoms with Crippen LogP contribution in [0.4, 0.5) is 0 Å². The van der Waals surface area contributed by atoms with Crippen molar-refractivity contribution in [2.75, 3.05) is 20.2 Å². The molecule has 0 aliphatic carbocycles. The standard InChI is InChI=1S/C16H21NO5/c1-22-12-5-6-13(14(18)9-12)16(21)17-8-2-3-11(10-17)4-7-15(19)20/h5-6,9,11,18H,2-4,7-8,10H2,1H3,(H,19,20). The number of rotatable bonds is 5. The molecule has 0 spiro atoms. The minimum absolute atomic E-state index is 0.1000. The summed E-state index contributed by atoms with van der Waals surface area (Å²) in [7, 11) is 1.49. The molecule has 1 atom stereocenters. The molecule has 1 aromatic carbocycles. The fraction of sp³-hybridized carbons (Fsp3) is 0.500. The second-order valence-electron chi connectivity index (χ2n) is 5.57. The Balaban J connectivity index is 2.04. The average molecular weight is 307 g/mol. The van der Waals surface area contributed by atoms with Gasteiger partial charge >= 0.3 is 5.97 Å². The van der Waals surface area contributed by atoms with Gasteiger partial charge in [0.05, 0.1) is 12.7 Å². The first-order chi connectivity index (χ1) is 10.5. The van der Waals surface area contributed by atoms with E-state index >= 15 is 0 Å². The topological polar surface area (TPSA) is 87.1 Å². The molecule has 0 bridgehead atoms. The Morgan fingerprint density at radius 1 is 1.41 bits per heavy atom. The Labute approximate surface area is 129 Å². The van der Waals surface area contributed by atoms with Gasteiger partial charge in [-0.25, -0.2) is 0 Å². The van der Waals surface area contributed by atoms with Gasteiger partial charge in [0.1, 0.15) is 11.5 Å². The first-order valence-corrected chi connectivity index (χ1v) is 7.39. The van der Waals surface area contributed by atoms with Crippen LogP contribution < -0.4 is 4.74 Å². The fourth-order valence-corrected chi connectivity index (χ4v) is 2.80. The number of benzene rings is 1. The van der Waals surface area contributed by atoms with Crippen LogP contribution in [0, 0.1) is 5.92 Å². The van der Waals surface area contributed by atoms with Gasteiger partial charge in [-0.2, -0.15) is 0 Å². The van der Waals surface area contributed by atoms with E-state index in [1.165, 1.54) is 13.2 Å². The van der Waals surface area contributed by atoms with Crippen molar-refractivity contribution in [3.05, 3.63) is 23.8 Å². The quantitative estimate of drug-likeness (QED) is 0.870. The molecule has 1 unspecified atom stereocenters. The highest BCUT2D eigenvalue weighted by Crippen LogP contribution is 2.27. The number of methoxy groups -OCH3 is 1. The average Bonchev–Trinajstić information content (AvgIpc) is 2.52. The lowest BCUT2D eigenvalue weighted by molar-refractivity contribution is -0.137. The number of carbonyl (C=O) groups excluding carboxylic acids is 1. The molecule has 1 heterocycles. The van der Waals surface area contributed by atoms with Crippen molar-refractivity contribution in [2.24, 2.45) is 5.92 Å². The minimum atomic E-state index is -0.809. The van der Waals surface area contributed by atoms with E-state index in [1.807, 2.05) is 0 Å². The van der Waals surface area contributed by atoms with Crippen LogP contribution in [-0.4, -0.2) is 47.2 Å². The molecular formula is C16H21NO5. The smallest absolute Gasteiger partial charge is 0.303 e. The van der Waals surface area contributed by atoms with Crippen molar-refractivity contribution in [1.82, 2.24) is 4.90 Å². The molecule has 0 radical (unpaired) electrons. The minimum Gasteiger partial charge on any atom is -0.507 e. The summed E-state index contributed by atoms with van der Waals surface area (Å²) < 4.78 is 5.01. The molecule has 1 amide bonds. The highest BCUT2D eigenvalue weighted by molar-refractivity contribution is 5.97. The Bertz CT molecular complexity index is 557. The Kier molecular flexibility index (Phi) is 5.25. The SMILES string of the molecule is COc1ccc(C(=O)N2CCCC(CCC(=O)O)C2)c(O)c1. The molecular weight excluding hydrogens is 286 g/mol. The molecule has 0 saturated carbocycles. The monoisotopic (exact) mass is 307 g/mol. The van der Waals surface area contributed by atoms with E-state index in [9.17, 15) is 14.7 Å². The maximum atomic E-state index is 12.5. The molecule has 2 N–H and O–H groups in total. The Morgan fingerprint density at radius 3 is 2.82 bits per heavy atom. The fourth-order valence-electron chi connectivity index (χ4n) is 2.80. The number of likely N-dealkylation sites (tertiary alicyclic amines) is 1. The lowest BCUT2D eigenvalue weighted by Crippen LogP contribution is -2.40. The third-order valence-electron chi connectivity index (χ3n) is 4.01. The molecule has 6 heteroatoms. The van der Waals surface area contributed by atoms with E-state index in [-0.39, 0.29) is 29.6 Å². The van der Waals surface area contributed by atoms with Crippen LogP contribution in [0.2, 0.25) is 0 Å². The van der Waals surface area contributed by atoms with Crippen molar-refractivity contribution in [2.45, 2.75) is 25.7 Å². The first kappa shape index (κ1) is 16.1. The summed E-state index contributed by atoms with van der Waals surface area (Å²) in [6, 6.07) is 4.61. The number of phenols is 1. The third-order valence-corrected chi connectivity index (χ3v) is 4.01. The summed E-state index contributed by atoms with van der Waals surface area (Å²) in [6.45, 7) is 1.17. The summed E-state index contributed by atoms with van der Waals surface area (Å²) in [4.78, 5) is 24.9. The molecule has 22 heavy (non-hydrogen) atoms. The van der Waals surface area contributed by atoms with Crippen LogP contribution in [0.25, 0.3) is 0 Å². The summed E-state index contributed by atoms with van der Waals surface area (Å²) in [6.07, 6.45) is 2.49. The molecule has 1 saturated heterocycles. The summed E-state index contributed by atoms with van der Waals surface area (Å²) >= 11 is 0. The largest absolute Gasteiger partial charge is 0.507 e. The van der Waals surface area contributed by atoms with Gasteiger partial charge in [0.25, 0.3) is 5.91 Å². The molecule has 120 valence electrons. The predicted octanol–water partition coefficient (Wildman–Crippen LogP) is 2.12. The van der Waals surface area contributed by atoms with Crippen molar-refractivity contribution in [3.63, 3.8) is 0 Å². The van der Waals surface area contributed by atoms with E-state index < -0.39 is 5.97 Å². The number of piperidine rings is 1. The summed E-state index contributed by atoms with van der Waals surface area (Å²) in [5, 5.41) is 18.7. The van der Waals surface area contributed by atoms with Gasteiger partial charge in [0, 0.05) is 25.6 Å². The molecule has 6 nitrogen and oxygen atoms in total. The van der Waals surface area contributed by atoms with Crippen molar-refractivity contribution >= 4 is 11.9 Å². The maximum absolute atomic E-state index is 12.5. The van der Waals surface area contributed by atoms with Crippen LogP contribution in [0.1, 0.15) is 36.0 Å². The van der Waals surface area contributed by atoms with Crippen molar-refractivity contribution < 1.29 is 24.5 Å². The van der Waals surface area contributed by atoms with Crippen LogP contribution >= 0.6 is 0 Å². The second-order valence-corrected chi connectivity index (χ2v) is 5.57. The zero-order valence-corrected chi connectivity index (χ0v) is 12.6. The second kappa shape index (κ2) is 7.15. The van der Waals surface area contributed by atoms with E-state index in [2.05, 4.69) is 0 Å². The van der Waals surface area contributed by atoms with Gasteiger partial charge in [-0.1, -0.05) is 0 Å². The summed E-state index contributed by atoms with van der Waals surface area (Å²) in [5.74, 6) is -0.436. The first-order valence-electron chi connectivity index (χ1n) is 7.39. The Hall–Kier alpha value is -2.24. The highest BCUT2D eigenvalue weighted by Gasteiger charge is 2.26. The molecule has 1 aliphatic heterocycles. The molecule has 1 aromatic rings. The van der Waals surface area contributed by atoms with E-state index in [4.69, 9.17) is 9.84 Å². The molecule has 1 fully saturated rings. The number of hydrogen-bond acceptors (Lipinski definition) is 4. The van der Waals surface area contributed by atoms with Gasteiger partial charge in [-0.05, 0) is 37.3 Å². The number of phenolic OH excluding ortho intramolecular Hbond substituents is 1. The number of aliphatic carboxylic acids is 1. The molecule has 2 rings (SSSR count). The lowest BCUT2D eigenvalue weighted by atomic mass is 9.93. The number of nitrogens with zero attached hydrogens (tertiary/aromatic N) is 1. The van der Waals surface area contributed by atoms with Crippen molar-refractivity contribution in [3.8, 4) is 11.5 Å². The van der Waals surface area contributed by atoms with Gasteiger partial charge in [0.2, 0.25) is 0 Å². The number of carbonyl (C=O) groups is 2. The van der Waals surface area contributed by atoms with Gasteiger partial charge in [-0.3, -0.25) is 9.59 Å². The van der Waals surface area contributed by atoms with Gasteiger partial charge in [-0.15, -0.1) is 0 Å². The van der Waals surface area contributed by atoms with Crippen molar-refractivity contribution in [1.29, 1.82) is 0 Å². The number of amides is 1. The van der Waals surface area contributed by atoms with Crippen LogP contribution in [0.5, 0.6) is 11.5 Å². The summed E-state index contributed by atoms with van der Waals surface area (Å²) in [5.41, 5.74) is 0.250. The number of carboxylic acid groups (broad SMARTS) is 1. The zero-order valence-electron chi connectivity index (χ0n) is 12.6. The normalized spacial score (nSPS) is 18.0. The molecule has 1 aliphatic rings. The number of aromatic hydroxyl groups is 1. The number of carboxylic acids is 1. The third kappa shape index (κ3) is 3.90. The van der Waals surface area contributed by atoms with E-state index in [0.29, 0.717) is 25.3 Å². The van der Waals surface area contributed by atoms with Crippen LogP contribution in [0.3, 0.4) is 0 Å². The van der Waals surface area contributed by atoms with E-state index in [1.54, 1.807) is 17.0 Å². The highest BCUT2D eigenvalue weighted by atomic mass is 16.5. The zero-order chi connectivity index (χ0) is 16.1. The molecule has 0 aromatic heterocycles. The van der Waals surface area contributed by atoms with Crippen LogP contribution in [0.15, 0.2) is 18.2 Å². The van der Waals surface area contributed by atoms with E-state index in [0.717, 1.165) is 12.8 Å². The lowest BCUT2D eigenvalue weighted by Gasteiger charge is -2.32. The van der Waals surface area contributed by atoms with Gasteiger partial charge < -0.3 is 19.8 Å². The maximum Gasteiger partial charge on any atom is 0.303 e. The Morgan fingerprint density at radius 2 is 2.18 bits per heavy atom. The van der Waals surface area contributed by atoms with Crippen LogP contribution in [-0.2, 0) is 4.79 Å². The number of hydrogen-bond donors (Lipinski definition) is 2. The number of ether oxygens (including phenoxy) is 1. The van der Waals surface area contributed by atoms with Gasteiger partial charge in [0.15, 0.2) is 0 Å². The predicted molar refractivity (Wildman–Crippen MR) is 80.2 cm³/mol.